The first-order valence-electron chi connectivity index (χ1n) is 6.52. The predicted molar refractivity (Wildman–Crippen MR) is 74.5 cm³/mol. The largest absolute Gasteiger partial charge is 0.586 e. The van der Waals surface area contributed by atoms with Crippen LogP contribution in [0.4, 0.5) is 14.7 Å². The summed E-state index contributed by atoms with van der Waals surface area (Å²) in [5, 5.41) is 2.54. The second-order valence-electron chi connectivity index (χ2n) is 4.74. The standard InChI is InChI=1S/C14H8F2N4O3/c15-14(16)22-10-5-8-9(6-11(10)23-14)19-13(18-8)20-12(21)7-3-1-2-4-17-7/h1-6H,(H2,18,19,20,21). The molecule has 0 aliphatic carbocycles. The van der Waals surface area contributed by atoms with E-state index in [2.05, 4.69) is 29.7 Å². The number of alkyl halides is 2. The minimum atomic E-state index is -3.68. The van der Waals surface area contributed by atoms with Gasteiger partial charge in [0.25, 0.3) is 5.91 Å². The topological polar surface area (TPSA) is 89.1 Å². The zero-order chi connectivity index (χ0) is 16.0. The third-order valence-corrected chi connectivity index (χ3v) is 3.13. The predicted octanol–water partition coefficient (Wildman–Crippen LogP) is 2.53. The molecule has 2 N–H and O–H groups in total. The second-order valence-corrected chi connectivity index (χ2v) is 4.74. The van der Waals surface area contributed by atoms with Crippen molar-refractivity contribution in [2.75, 3.05) is 5.32 Å². The molecule has 0 radical (unpaired) electrons. The SMILES string of the molecule is O=C(Nc1nc2cc3c(cc2[nH]1)OC(F)(F)O3)c1ccccn1. The number of ether oxygens (including phenoxy) is 2. The number of fused-ring (bicyclic) bond motifs is 2. The molecule has 0 atom stereocenters. The lowest BCUT2D eigenvalue weighted by Gasteiger charge is -2.04. The lowest BCUT2D eigenvalue weighted by atomic mass is 10.3. The molecule has 0 saturated heterocycles. The summed E-state index contributed by atoms with van der Waals surface area (Å²) in [4.78, 5) is 22.8. The van der Waals surface area contributed by atoms with Gasteiger partial charge in [0.15, 0.2) is 11.5 Å². The Kier molecular flexibility index (Phi) is 2.71. The van der Waals surface area contributed by atoms with Gasteiger partial charge in [-0.2, -0.15) is 0 Å². The Hall–Kier alpha value is -3.23. The molecule has 0 unspecified atom stereocenters. The van der Waals surface area contributed by atoms with Crippen LogP contribution >= 0.6 is 0 Å². The van der Waals surface area contributed by atoms with Crippen molar-refractivity contribution in [1.82, 2.24) is 15.0 Å². The molecule has 1 aliphatic rings. The summed E-state index contributed by atoms with van der Waals surface area (Å²) < 4.78 is 34.7. The molecule has 116 valence electrons. The number of halogens is 2. The Morgan fingerprint density at radius 3 is 2.74 bits per heavy atom. The molecule has 0 bridgehead atoms. The number of aromatic nitrogens is 3. The molecule has 3 heterocycles. The van der Waals surface area contributed by atoms with Gasteiger partial charge < -0.3 is 14.5 Å². The molecule has 0 fully saturated rings. The molecule has 1 aliphatic heterocycles. The Morgan fingerprint density at radius 1 is 1.22 bits per heavy atom. The van der Waals surface area contributed by atoms with E-state index in [4.69, 9.17) is 0 Å². The highest BCUT2D eigenvalue weighted by Crippen LogP contribution is 2.42. The van der Waals surface area contributed by atoms with Gasteiger partial charge in [0.1, 0.15) is 5.69 Å². The van der Waals surface area contributed by atoms with E-state index in [0.717, 1.165) is 0 Å². The van der Waals surface area contributed by atoms with Crippen molar-refractivity contribution in [1.29, 1.82) is 0 Å². The minimum absolute atomic E-state index is 0.103. The van der Waals surface area contributed by atoms with E-state index in [0.29, 0.717) is 11.0 Å². The number of amides is 1. The van der Waals surface area contributed by atoms with Crippen LogP contribution in [0, 0.1) is 0 Å². The van der Waals surface area contributed by atoms with Gasteiger partial charge in [-0.15, -0.1) is 8.78 Å². The maximum Gasteiger partial charge on any atom is 0.586 e. The molecular formula is C14H8F2N4O3. The third kappa shape index (κ3) is 2.41. The van der Waals surface area contributed by atoms with Gasteiger partial charge in [0.2, 0.25) is 5.95 Å². The van der Waals surface area contributed by atoms with E-state index in [1.54, 1.807) is 18.2 Å². The Balaban J connectivity index is 1.62. The van der Waals surface area contributed by atoms with Crippen molar-refractivity contribution in [3.63, 3.8) is 0 Å². The number of benzene rings is 1. The number of rotatable bonds is 2. The zero-order valence-corrected chi connectivity index (χ0v) is 11.3. The zero-order valence-electron chi connectivity index (χ0n) is 11.3. The number of hydrogen-bond donors (Lipinski definition) is 2. The normalized spacial score (nSPS) is 14.9. The highest BCUT2D eigenvalue weighted by Gasteiger charge is 2.43. The highest BCUT2D eigenvalue weighted by molar-refractivity contribution is 6.02. The van der Waals surface area contributed by atoms with Gasteiger partial charge in [-0.25, -0.2) is 4.98 Å². The van der Waals surface area contributed by atoms with E-state index in [1.165, 1.54) is 18.3 Å². The molecule has 4 rings (SSSR count). The fourth-order valence-corrected chi connectivity index (χ4v) is 2.18. The van der Waals surface area contributed by atoms with Crippen LogP contribution in [-0.2, 0) is 0 Å². The lowest BCUT2D eigenvalue weighted by molar-refractivity contribution is -0.286. The van der Waals surface area contributed by atoms with Gasteiger partial charge in [0, 0.05) is 18.3 Å². The van der Waals surface area contributed by atoms with Crippen molar-refractivity contribution in [3.8, 4) is 11.5 Å². The Bertz CT molecular complexity index is 866. The summed E-state index contributed by atoms with van der Waals surface area (Å²) in [7, 11) is 0. The molecule has 3 aromatic rings. The second kappa shape index (κ2) is 4.63. The van der Waals surface area contributed by atoms with Crippen LogP contribution in [-0.4, -0.2) is 27.2 Å². The molecule has 0 spiro atoms. The van der Waals surface area contributed by atoms with Crippen molar-refractivity contribution >= 4 is 22.9 Å². The molecular weight excluding hydrogens is 310 g/mol. The molecule has 0 saturated carbocycles. The first-order chi connectivity index (χ1) is 11.0. The molecule has 1 amide bonds. The fourth-order valence-electron chi connectivity index (χ4n) is 2.18. The van der Waals surface area contributed by atoms with E-state index in [9.17, 15) is 13.6 Å². The molecule has 9 heteroatoms. The summed E-state index contributed by atoms with van der Waals surface area (Å²) >= 11 is 0. The van der Waals surface area contributed by atoms with E-state index in [1.807, 2.05) is 0 Å². The van der Waals surface area contributed by atoms with Crippen LogP contribution in [0.2, 0.25) is 0 Å². The summed E-state index contributed by atoms with van der Waals surface area (Å²) in [6.07, 6.45) is -2.19. The maximum atomic E-state index is 13.0. The Morgan fingerprint density at radius 2 is 2.00 bits per heavy atom. The Labute approximate surface area is 127 Å². The van der Waals surface area contributed by atoms with Crippen LogP contribution in [0.5, 0.6) is 11.5 Å². The summed E-state index contributed by atoms with van der Waals surface area (Å²) in [6.45, 7) is 0. The number of anilines is 1. The van der Waals surface area contributed by atoms with Crippen LogP contribution in [0.25, 0.3) is 11.0 Å². The molecule has 7 nitrogen and oxygen atoms in total. The van der Waals surface area contributed by atoms with Gasteiger partial charge >= 0.3 is 6.29 Å². The van der Waals surface area contributed by atoms with Crippen LogP contribution in [0.15, 0.2) is 36.5 Å². The third-order valence-electron chi connectivity index (χ3n) is 3.13. The monoisotopic (exact) mass is 318 g/mol. The number of imidazole rings is 1. The van der Waals surface area contributed by atoms with Gasteiger partial charge in [-0.3, -0.25) is 15.1 Å². The average molecular weight is 318 g/mol. The van der Waals surface area contributed by atoms with Gasteiger partial charge in [0.05, 0.1) is 11.0 Å². The van der Waals surface area contributed by atoms with Crippen molar-refractivity contribution in [2.45, 2.75) is 6.29 Å². The molecule has 23 heavy (non-hydrogen) atoms. The number of aromatic amines is 1. The van der Waals surface area contributed by atoms with Crippen molar-refractivity contribution in [2.24, 2.45) is 0 Å². The van der Waals surface area contributed by atoms with Crippen molar-refractivity contribution < 1.29 is 23.0 Å². The van der Waals surface area contributed by atoms with Crippen LogP contribution < -0.4 is 14.8 Å². The number of H-pyrrole nitrogens is 1. The average Bonchev–Trinajstić information content (AvgIpc) is 3.02. The van der Waals surface area contributed by atoms with E-state index in [-0.39, 0.29) is 23.1 Å². The highest BCUT2D eigenvalue weighted by atomic mass is 19.3. The van der Waals surface area contributed by atoms with Crippen LogP contribution in [0.1, 0.15) is 10.5 Å². The number of carbonyl (C=O) groups is 1. The van der Waals surface area contributed by atoms with Crippen LogP contribution in [0.3, 0.4) is 0 Å². The summed E-state index contributed by atoms with van der Waals surface area (Å²) in [5.41, 5.74) is 0.990. The number of nitrogens with one attached hydrogen (secondary N) is 2. The molecule has 2 aromatic heterocycles. The van der Waals surface area contributed by atoms with E-state index < -0.39 is 12.2 Å². The van der Waals surface area contributed by atoms with Crippen molar-refractivity contribution in [3.05, 3.63) is 42.2 Å². The first kappa shape index (κ1) is 13.4. The van der Waals surface area contributed by atoms with Gasteiger partial charge in [-0.05, 0) is 12.1 Å². The molecule has 1 aromatic carbocycles. The summed E-state index contributed by atoms with van der Waals surface area (Å²) in [6, 6.07) is 7.55. The summed E-state index contributed by atoms with van der Waals surface area (Å²) in [5.74, 6) is -0.507. The number of pyridine rings is 1. The van der Waals surface area contributed by atoms with E-state index >= 15 is 0 Å². The van der Waals surface area contributed by atoms with Gasteiger partial charge in [-0.1, -0.05) is 6.07 Å². The minimum Gasteiger partial charge on any atom is -0.395 e. The lowest BCUT2D eigenvalue weighted by Crippen LogP contribution is -2.25. The number of nitrogens with zero attached hydrogens (tertiary/aromatic N) is 2. The number of carbonyl (C=O) groups excluding carboxylic acids is 1. The quantitative estimate of drug-likeness (QED) is 0.758. The fraction of sp³-hybridized carbons (Fsp3) is 0.0714. The number of hydrogen-bond acceptors (Lipinski definition) is 5. The smallest absolute Gasteiger partial charge is 0.395 e. The first-order valence-corrected chi connectivity index (χ1v) is 6.52. The maximum absolute atomic E-state index is 13.0.